The molecule has 0 spiro atoms. The number of ketones is 1. The number of aromatic hydroxyl groups is 1. The number of carbonyl (C=O) groups excluding carboxylic acids is 1. The van der Waals surface area contributed by atoms with Gasteiger partial charge in [-0.05, 0) is 79.0 Å². The van der Waals surface area contributed by atoms with Crippen molar-refractivity contribution in [1.82, 2.24) is 0 Å². The smallest absolute Gasteiger partial charge is 0.144 e. The lowest BCUT2D eigenvalue weighted by Gasteiger charge is -2.48. The zero-order chi connectivity index (χ0) is 17.3. The third-order valence-electron chi connectivity index (χ3n) is 7.56. The molecule has 0 aliphatic heterocycles. The maximum absolute atomic E-state index is 13.0. The number of carbonyl (C=O) groups is 1. The number of aryl methyl sites for hydroxylation is 2. The average molecular weight is 326 g/mol. The second-order valence-electron chi connectivity index (χ2n) is 9.32. The van der Waals surface area contributed by atoms with Crippen molar-refractivity contribution in [3.05, 3.63) is 28.8 Å². The summed E-state index contributed by atoms with van der Waals surface area (Å²) >= 11 is 0. The first kappa shape index (κ1) is 16.2. The Labute approximate surface area is 145 Å². The van der Waals surface area contributed by atoms with Crippen LogP contribution in [0.5, 0.6) is 5.75 Å². The normalized spacial score (nSPS) is 36.8. The topological polar surface area (TPSA) is 37.3 Å². The van der Waals surface area contributed by atoms with Gasteiger partial charge >= 0.3 is 0 Å². The highest BCUT2D eigenvalue weighted by Crippen LogP contribution is 2.63. The highest BCUT2D eigenvalue weighted by Gasteiger charge is 2.60. The minimum atomic E-state index is -0.155. The van der Waals surface area contributed by atoms with E-state index in [1.165, 1.54) is 17.5 Å². The molecule has 2 heteroatoms. The van der Waals surface area contributed by atoms with Crippen molar-refractivity contribution in [2.24, 2.45) is 22.7 Å². The molecule has 0 amide bonds. The highest BCUT2D eigenvalue weighted by atomic mass is 16.3. The van der Waals surface area contributed by atoms with E-state index < -0.39 is 0 Å². The third-order valence-corrected chi connectivity index (χ3v) is 7.56. The first-order chi connectivity index (χ1) is 11.3. The molecule has 0 unspecified atom stereocenters. The van der Waals surface area contributed by atoms with Gasteiger partial charge in [0.25, 0.3) is 0 Å². The van der Waals surface area contributed by atoms with Crippen molar-refractivity contribution < 1.29 is 9.90 Å². The summed E-state index contributed by atoms with van der Waals surface area (Å²) in [5.41, 5.74) is 3.63. The number of fused-ring (bicyclic) bond motifs is 5. The van der Waals surface area contributed by atoms with Crippen LogP contribution in [0.4, 0.5) is 0 Å². The number of phenols is 1. The van der Waals surface area contributed by atoms with E-state index in [1.807, 2.05) is 6.07 Å². The quantitative estimate of drug-likeness (QED) is 0.787. The van der Waals surface area contributed by atoms with Crippen LogP contribution in [0.15, 0.2) is 12.1 Å². The van der Waals surface area contributed by atoms with E-state index in [0.717, 1.165) is 37.7 Å². The van der Waals surface area contributed by atoms with Crippen LogP contribution in [0.3, 0.4) is 0 Å². The standard InChI is InChI=1S/C22H30O2/c1-5-13-10-17-14(11-19(13)23)6-7-16-15(17)8-9-22(4)18(16)12-21(2,3)20(22)24/h10-11,15-16,18,23H,5-9,12H2,1-4H3/t15-,16+,18-,22-/m0/s1. The van der Waals surface area contributed by atoms with Crippen LogP contribution >= 0.6 is 0 Å². The van der Waals surface area contributed by atoms with Crippen LogP contribution in [0.2, 0.25) is 0 Å². The van der Waals surface area contributed by atoms with Crippen molar-refractivity contribution in [1.29, 1.82) is 0 Å². The minimum Gasteiger partial charge on any atom is -0.508 e. The SMILES string of the molecule is CCc1cc2c(cc1O)CC[C@@H]1[C@@H]2CC[C@]2(C)C(=O)C(C)(C)C[C@@H]12. The summed E-state index contributed by atoms with van der Waals surface area (Å²) in [6.07, 6.45) is 6.31. The molecule has 24 heavy (non-hydrogen) atoms. The lowest BCUT2D eigenvalue weighted by atomic mass is 9.55. The van der Waals surface area contributed by atoms with Gasteiger partial charge in [-0.1, -0.05) is 33.8 Å². The fraction of sp³-hybridized carbons (Fsp3) is 0.682. The summed E-state index contributed by atoms with van der Waals surface area (Å²) in [5.74, 6) is 2.72. The van der Waals surface area contributed by atoms with Gasteiger partial charge in [-0.15, -0.1) is 0 Å². The Morgan fingerprint density at radius 2 is 1.96 bits per heavy atom. The molecule has 1 aromatic rings. The average Bonchev–Trinajstić information content (AvgIpc) is 2.73. The van der Waals surface area contributed by atoms with E-state index in [2.05, 4.69) is 33.8 Å². The Morgan fingerprint density at radius 3 is 2.67 bits per heavy atom. The molecule has 0 bridgehead atoms. The van der Waals surface area contributed by atoms with Crippen LogP contribution < -0.4 is 0 Å². The zero-order valence-electron chi connectivity index (χ0n) is 15.5. The first-order valence-electron chi connectivity index (χ1n) is 9.67. The number of hydrogen-bond acceptors (Lipinski definition) is 2. The van der Waals surface area contributed by atoms with Gasteiger partial charge in [0, 0.05) is 10.8 Å². The molecule has 3 aliphatic rings. The van der Waals surface area contributed by atoms with Gasteiger partial charge in [0.05, 0.1) is 0 Å². The molecule has 130 valence electrons. The monoisotopic (exact) mass is 326 g/mol. The Balaban J connectivity index is 1.75. The number of hydrogen-bond donors (Lipinski definition) is 1. The lowest BCUT2D eigenvalue weighted by molar-refractivity contribution is -0.134. The Hall–Kier alpha value is -1.31. The first-order valence-corrected chi connectivity index (χ1v) is 9.67. The maximum atomic E-state index is 13.0. The molecule has 0 saturated heterocycles. The van der Waals surface area contributed by atoms with E-state index >= 15 is 0 Å². The Bertz CT molecular complexity index is 702. The third kappa shape index (κ3) is 2.04. The number of Topliss-reactive ketones (excluding diaryl/α,β-unsaturated/α-hetero) is 1. The van der Waals surface area contributed by atoms with Crippen molar-refractivity contribution in [3.63, 3.8) is 0 Å². The lowest BCUT2D eigenvalue weighted by Crippen LogP contribution is -2.43. The summed E-state index contributed by atoms with van der Waals surface area (Å²) in [6.45, 7) is 8.66. The van der Waals surface area contributed by atoms with Crippen molar-refractivity contribution >= 4 is 5.78 Å². The van der Waals surface area contributed by atoms with E-state index in [1.54, 1.807) is 0 Å². The number of benzene rings is 1. The molecule has 4 rings (SSSR count). The second kappa shape index (κ2) is 5.09. The van der Waals surface area contributed by atoms with Gasteiger partial charge in [-0.25, -0.2) is 0 Å². The molecule has 4 atom stereocenters. The van der Waals surface area contributed by atoms with Gasteiger partial charge in [0.2, 0.25) is 0 Å². The van der Waals surface area contributed by atoms with Crippen LogP contribution in [-0.4, -0.2) is 10.9 Å². The Morgan fingerprint density at radius 1 is 1.21 bits per heavy atom. The van der Waals surface area contributed by atoms with Gasteiger partial charge in [-0.2, -0.15) is 0 Å². The fourth-order valence-corrected chi connectivity index (χ4v) is 6.33. The molecule has 0 aromatic heterocycles. The summed E-state index contributed by atoms with van der Waals surface area (Å²) in [5, 5.41) is 10.2. The number of phenolic OH excluding ortho intramolecular Hbond substituents is 1. The molecule has 0 heterocycles. The predicted octanol–water partition coefficient (Wildman–Crippen LogP) is 5.02. The summed E-state index contributed by atoms with van der Waals surface area (Å²) < 4.78 is 0. The molecule has 0 radical (unpaired) electrons. The van der Waals surface area contributed by atoms with Gasteiger partial charge < -0.3 is 5.11 Å². The highest BCUT2D eigenvalue weighted by molar-refractivity contribution is 5.92. The van der Waals surface area contributed by atoms with Crippen molar-refractivity contribution in [2.75, 3.05) is 0 Å². The van der Waals surface area contributed by atoms with Gasteiger partial charge in [-0.3, -0.25) is 4.79 Å². The second-order valence-corrected chi connectivity index (χ2v) is 9.32. The molecular weight excluding hydrogens is 296 g/mol. The molecular formula is C22H30O2. The molecule has 1 N–H and O–H groups in total. The van der Waals surface area contributed by atoms with E-state index in [9.17, 15) is 9.90 Å². The molecule has 3 aliphatic carbocycles. The zero-order valence-corrected chi connectivity index (χ0v) is 15.5. The number of rotatable bonds is 1. The molecule has 2 fully saturated rings. The van der Waals surface area contributed by atoms with Gasteiger partial charge in [0.15, 0.2) is 0 Å². The summed E-state index contributed by atoms with van der Waals surface area (Å²) in [4.78, 5) is 13.0. The minimum absolute atomic E-state index is 0.104. The predicted molar refractivity (Wildman–Crippen MR) is 96.3 cm³/mol. The largest absolute Gasteiger partial charge is 0.508 e. The fourth-order valence-electron chi connectivity index (χ4n) is 6.33. The molecule has 2 saturated carbocycles. The van der Waals surface area contributed by atoms with Crippen molar-refractivity contribution in [2.45, 2.75) is 72.1 Å². The summed E-state index contributed by atoms with van der Waals surface area (Å²) in [7, 11) is 0. The summed E-state index contributed by atoms with van der Waals surface area (Å²) in [6, 6.07) is 4.29. The van der Waals surface area contributed by atoms with Crippen LogP contribution in [0, 0.1) is 22.7 Å². The van der Waals surface area contributed by atoms with Gasteiger partial charge in [0.1, 0.15) is 11.5 Å². The van der Waals surface area contributed by atoms with E-state index in [4.69, 9.17) is 0 Å². The molecule has 1 aromatic carbocycles. The maximum Gasteiger partial charge on any atom is 0.144 e. The van der Waals surface area contributed by atoms with E-state index in [-0.39, 0.29) is 10.8 Å². The van der Waals surface area contributed by atoms with Crippen LogP contribution in [-0.2, 0) is 17.6 Å². The molecule has 2 nitrogen and oxygen atoms in total. The van der Waals surface area contributed by atoms with Crippen molar-refractivity contribution in [3.8, 4) is 5.75 Å². The van der Waals surface area contributed by atoms with E-state index in [0.29, 0.717) is 29.3 Å². The Kier molecular flexibility index (Phi) is 3.43. The van der Waals surface area contributed by atoms with Crippen LogP contribution in [0.25, 0.3) is 0 Å². The van der Waals surface area contributed by atoms with Crippen LogP contribution in [0.1, 0.15) is 76.0 Å².